The van der Waals surface area contributed by atoms with Crippen LogP contribution in [0, 0.1) is 0 Å². The van der Waals surface area contributed by atoms with Crippen LogP contribution < -0.4 is 0 Å². The monoisotopic (exact) mass is 243 g/mol. The van der Waals surface area contributed by atoms with Gasteiger partial charge in [-0.05, 0) is 0 Å². The molecule has 1 aliphatic heterocycles. The molecule has 1 rings (SSSR count). The second-order valence-corrected chi connectivity index (χ2v) is 4.49. The van der Waals surface area contributed by atoms with E-state index in [9.17, 15) is 22.2 Å². The van der Waals surface area contributed by atoms with Crippen LogP contribution in [0.1, 0.15) is 12.8 Å². The van der Waals surface area contributed by atoms with E-state index in [0.717, 1.165) is 0 Å². The van der Waals surface area contributed by atoms with Gasteiger partial charge < -0.3 is 0 Å². The smallest absolute Gasteiger partial charge is 0.283 e. The fraction of sp³-hybridized carbons (Fsp3) is 0.500. The van der Waals surface area contributed by atoms with Gasteiger partial charge >= 0.3 is 21.7 Å². The van der Waals surface area contributed by atoms with Gasteiger partial charge in [0.05, 0.1) is 0 Å². The summed E-state index contributed by atoms with van der Waals surface area (Å²) in [5.74, 6) is -1.94. The Balaban J connectivity index is 2.98. The van der Waals surface area contributed by atoms with E-state index in [0.29, 0.717) is 0 Å². The van der Waals surface area contributed by atoms with Gasteiger partial charge in [-0.25, -0.2) is 0 Å². The average Bonchev–Trinajstić information content (AvgIpc) is 2.27. The van der Waals surface area contributed by atoms with Gasteiger partial charge in [-0.15, -0.1) is 7.93 Å². The van der Waals surface area contributed by atoms with E-state index in [4.69, 9.17) is 4.55 Å². The number of hydrogen-bond donors (Lipinski definition) is 1. The molecule has 1 saturated heterocycles. The standard InChI is InChI=1S/C4H5NO7S2/c6-3-1-2-4(7)5(3)14(10,11)12-13(8)9/h1-2H2,(H,8,9). The Kier molecular flexibility index (Phi) is 2.99. The van der Waals surface area contributed by atoms with Gasteiger partial charge in [0.15, 0.2) is 0 Å². The summed E-state index contributed by atoms with van der Waals surface area (Å²) < 4.78 is 43.5. The van der Waals surface area contributed by atoms with E-state index in [2.05, 4.69) is 3.63 Å². The van der Waals surface area contributed by atoms with Crippen LogP contribution in [0.5, 0.6) is 0 Å². The zero-order valence-electron chi connectivity index (χ0n) is 6.57. The largest absolute Gasteiger partial charge is 0.386 e. The predicted octanol–water partition coefficient (Wildman–Crippen LogP) is -1.47. The maximum absolute atomic E-state index is 11.0. The highest BCUT2D eigenvalue weighted by Gasteiger charge is 2.40. The van der Waals surface area contributed by atoms with Crippen molar-refractivity contribution < 1.29 is 30.4 Å². The fourth-order valence-electron chi connectivity index (χ4n) is 0.909. The first kappa shape index (κ1) is 11.2. The molecule has 1 unspecified atom stereocenters. The van der Waals surface area contributed by atoms with Crippen molar-refractivity contribution in [1.82, 2.24) is 4.31 Å². The molecule has 1 heterocycles. The normalized spacial score (nSPS) is 20.2. The fourth-order valence-corrected chi connectivity index (χ4v) is 2.42. The van der Waals surface area contributed by atoms with E-state index in [1.807, 2.05) is 0 Å². The van der Waals surface area contributed by atoms with Crippen molar-refractivity contribution in [3.63, 3.8) is 0 Å². The molecule has 0 aromatic rings. The molecule has 0 spiro atoms. The van der Waals surface area contributed by atoms with Crippen LogP contribution in [0.2, 0.25) is 0 Å². The number of carbonyl (C=O) groups is 2. The molecule has 1 atom stereocenters. The summed E-state index contributed by atoms with van der Waals surface area (Å²) in [6.07, 6.45) is -0.501. The summed E-state index contributed by atoms with van der Waals surface area (Å²) in [6, 6.07) is 0. The third-order valence-corrected chi connectivity index (χ3v) is 3.38. The highest BCUT2D eigenvalue weighted by Crippen LogP contribution is 2.17. The van der Waals surface area contributed by atoms with Gasteiger partial charge in [0, 0.05) is 12.8 Å². The Hall–Kier alpha value is -0.840. The number of hydrogen-bond acceptors (Lipinski definition) is 6. The van der Waals surface area contributed by atoms with Gasteiger partial charge in [0.1, 0.15) is 0 Å². The van der Waals surface area contributed by atoms with Crippen LogP contribution in [0.15, 0.2) is 0 Å². The molecular weight excluding hydrogens is 238 g/mol. The van der Waals surface area contributed by atoms with Crippen molar-refractivity contribution in [2.24, 2.45) is 0 Å². The quantitative estimate of drug-likeness (QED) is 0.475. The first-order valence-corrected chi connectivity index (χ1v) is 5.66. The summed E-state index contributed by atoms with van der Waals surface area (Å²) in [5, 5.41) is 0. The molecule has 1 N–H and O–H groups in total. The van der Waals surface area contributed by atoms with Crippen LogP contribution in [-0.4, -0.2) is 33.3 Å². The first-order valence-electron chi connectivity index (χ1n) is 3.26. The van der Waals surface area contributed by atoms with Crippen LogP contribution in [0.25, 0.3) is 0 Å². The number of nitrogens with zero attached hydrogens (tertiary/aromatic N) is 1. The highest BCUT2D eigenvalue weighted by molar-refractivity contribution is 7.94. The van der Waals surface area contributed by atoms with Crippen LogP contribution in [0.4, 0.5) is 0 Å². The number of carbonyl (C=O) groups excluding carboxylic acids is 2. The molecule has 80 valence electrons. The molecule has 0 saturated carbocycles. The summed E-state index contributed by atoms with van der Waals surface area (Å²) >= 11 is -3.09. The molecule has 1 aliphatic rings. The van der Waals surface area contributed by atoms with Gasteiger partial charge in [-0.1, -0.05) is 0 Å². The Labute approximate surface area is 81.6 Å². The molecule has 10 heteroatoms. The third kappa shape index (κ3) is 2.15. The molecule has 0 aliphatic carbocycles. The van der Waals surface area contributed by atoms with Crippen molar-refractivity contribution in [1.29, 1.82) is 0 Å². The van der Waals surface area contributed by atoms with Crippen molar-refractivity contribution in [3.05, 3.63) is 0 Å². The lowest BCUT2D eigenvalue weighted by Crippen LogP contribution is -2.37. The van der Waals surface area contributed by atoms with Gasteiger partial charge in [-0.3, -0.25) is 14.1 Å². The zero-order valence-corrected chi connectivity index (χ0v) is 8.21. The molecule has 0 aromatic carbocycles. The van der Waals surface area contributed by atoms with E-state index in [1.165, 1.54) is 0 Å². The summed E-state index contributed by atoms with van der Waals surface area (Å²) in [4.78, 5) is 21.8. The Bertz CT molecular complexity index is 382. The SMILES string of the molecule is O=C1CCC(=O)N1S(=O)(=O)OS(=O)O. The summed E-state index contributed by atoms with van der Waals surface area (Å²) in [5.41, 5.74) is 0. The van der Waals surface area contributed by atoms with E-state index in [-0.39, 0.29) is 17.1 Å². The highest BCUT2D eigenvalue weighted by atomic mass is 32.3. The van der Waals surface area contributed by atoms with Crippen molar-refractivity contribution >= 4 is 33.5 Å². The minimum Gasteiger partial charge on any atom is -0.283 e. The molecule has 0 radical (unpaired) electrons. The van der Waals surface area contributed by atoms with Gasteiger partial charge in [0.25, 0.3) is 0 Å². The molecule has 14 heavy (non-hydrogen) atoms. The zero-order chi connectivity index (χ0) is 10.9. The Morgan fingerprint density at radius 1 is 1.29 bits per heavy atom. The van der Waals surface area contributed by atoms with E-state index >= 15 is 0 Å². The second-order valence-electron chi connectivity index (χ2n) is 2.29. The molecule has 0 aromatic heterocycles. The topological polar surface area (TPSA) is 118 Å². The minimum absolute atomic E-state index is 0.152. The minimum atomic E-state index is -4.77. The number of imide groups is 1. The maximum atomic E-state index is 11.0. The summed E-state index contributed by atoms with van der Waals surface area (Å²) in [6.45, 7) is 0. The third-order valence-electron chi connectivity index (χ3n) is 1.37. The van der Waals surface area contributed by atoms with Crippen LogP contribution >= 0.6 is 0 Å². The van der Waals surface area contributed by atoms with Gasteiger partial charge in [-0.2, -0.15) is 12.6 Å². The predicted molar refractivity (Wildman–Crippen MR) is 41.9 cm³/mol. The number of rotatable bonds is 3. The van der Waals surface area contributed by atoms with Crippen LogP contribution in [-0.2, 0) is 34.9 Å². The lowest BCUT2D eigenvalue weighted by molar-refractivity contribution is -0.132. The Morgan fingerprint density at radius 3 is 2.07 bits per heavy atom. The summed E-state index contributed by atoms with van der Waals surface area (Å²) in [7, 11) is -4.77. The van der Waals surface area contributed by atoms with Crippen molar-refractivity contribution in [2.45, 2.75) is 12.8 Å². The van der Waals surface area contributed by atoms with E-state index in [1.54, 1.807) is 0 Å². The van der Waals surface area contributed by atoms with Gasteiger partial charge in [0.2, 0.25) is 11.8 Å². The molecule has 2 amide bonds. The van der Waals surface area contributed by atoms with Crippen molar-refractivity contribution in [3.8, 4) is 0 Å². The van der Waals surface area contributed by atoms with Crippen molar-refractivity contribution in [2.75, 3.05) is 0 Å². The van der Waals surface area contributed by atoms with Crippen LogP contribution in [0.3, 0.4) is 0 Å². The first-order chi connectivity index (χ1) is 6.34. The lowest BCUT2D eigenvalue weighted by Gasteiger charge is -2.10. The Morgan fingerprint density at radius 2 is 1.71 bits per heavy atom. The lowest BCUT2D eigenvalue weighted by atomic mass is 10.4. The molecular formula is C4H5NO7S2. The number of amides is 2. The average molecular weight is 243 g/mol. The molecule has 0 bridgehead atoms. The molecule has 8 nitrogen and oxygen atoms in total. The molecule has 1 fully saturated rings. The maximum Gasteiger partial charge on any atom is 0.386 e. The van der Waals surface area contributed by atoms with E-state index < -0.39 is 33.5 Å². The second kappa shape index (κ2) is 3.73.